The highest BCUT2D eigenvalue weighted by Gasteiger charge is 2.06. The SMILES string of the molecule is CCCN(C)CCc1ccc(O)c2ncccc12. The molecule has 96 valence electrons. The zero-order chi connectivity index (χ0) is 13.0. The van der Waals surface area contributed by atoms with Gasteiger partial charge in [0.05, 0.1) is 0 Å². The molecule has 1 aromatic carbocycles. The van der Waals surface area contributed by atoms with E-state index in [1.54, 1.807) is 12.3 Å². The lowest BCUT2D eigenvalue weighted by molar-refractivity contribution is 0.339. The largest absolute Gasteiger partial charge is 0.506 e. The van der Waals surface area contributed by atoms with Crippen molar-refractivity contribution in [1.29, 1.82) is 0 Å². The minimum Gasteiger partial charge on any atom is -0.506 e. The van der Waals surface area contributed by atoms with Gasteiger partial charge in [-0.25, -0.2) is 0 Å². The fraction of sp³-hybridized carbons (Fsp3) is 0.400. The van der Waals surface area contributed by atoms with Crippen LogP contribution in [0.15, 0.2) is 30.5 Å². The third-order valence-electron chi connectivity index (χ3n) is 3.21. The lowest BCUT2D eigenvalue weighted by Crippen LogP contribution is -2.21. The number of phenolic OH excluding ortho intramolecular Hbond substituents is 1. The second-order valence-corrected chi connectivity index (χ2v) is 4.70. The molecule has 2 rings (SSSR count). The van der Waals surface area contributed by atoms with Gasteiger partial charge in [0, 0.05) is 18.1 Å². The maximum absolute atomic E-state index is 9.78. The third kappa shape index (κ3) is 2.79. The first kappa shape index (κ1) is 12.8. The van der Waals surface area contributed by atoms with Crippen LogP contribution < -0.4 is 0 Å². The first-order valence-corrected chi connectivity index (χ1v) is 6.46. The van der Waals surface area contributed by atoms with E-state index in [2.05, 4.69) is 23.9 Å². The Morgan fingerprint density at radius 1 is 1.22 bits per heavy atom. The highest BCUT2D eigenvalue weighted by atomic mass is 16.3. The standard InChI is InChI=1S/C15H20N2O/c1-3-10-17(2)11-8-12-6-7-14(18)15-13(12)5-4-9-16-15/h4-7,9,18H,3,8,10-11H2,1-2H3. The Hall–Kier alpha value is -1.61. The Labute approximate surface area is 108 Å². The first-order valence-electron chi connectivity index (χ1n) is 6.46. The summed E-state index contributed by atoms with van der Waals surface area (Å²) in [4.78, 5) is 6.57. The summed E-state index contributed by atoms with van der Waals surface area (Å²) in [5.41, 5.74) is 1.95. The molecule has 1 aromatic heterocycles. The van der Waals surface area contributed by atoms with Crippen LogP contribution in [0.2, 0.25) is 0 Å². The number of pyridine rings is 1. The van der Waals surface area contributed by atoms with Crippen LogP contribution in [0, 0.1) is 0 Å². The number of hydrogen-bond donors (Lipinski definition) is 1. The molecule has 2 aromatic rings. The van der Waals surface area contributed by atoms with Crippen molar-refractivity contribution in [1.82, 2.24) is 9.88 Å². The molecular formula is C15H20N2O. The molecule has 0 saturated heterocycles. The summed E-state index contributed by atoms with van der Waals surface area (Å²) in [6.45, 7) is 4.34. The molecule has 18 heavy (non-hydrogen) atoms. The van der Waals surface area contributed by atoms with Gasteiger partial charge in [-0.15, -0.1) is 0 Å². The van der Waals surface area contributed by atoms with Crippen LogP contribution in [0.5, 0.6) is 5.75 Å². The molecule has 0 amide bonds. The number of likely N-dealkylation sites (N-methyl/N-ethyl adjacent to an activating group) is 1. The van der Waals surface area contributed by atoms with Crippen LogP contribution in [0.1, 0.15) is 18.9 Å². The van der Waals surface area contributed by atoms with Gasteiger partial charge >= 0.3 is 0 Å². The Balaban J connectivity index is 2.21. The molecule has 0 atom stereocenters. The zero-order valence-electron chi connectivity index (χ0n) is 11.1. The number of phenols is 1. The van der Waals surface area contributed by atoms with Crippen molar-refractivity contribution in [2.75, 3.05) is 20.1 Å². The van der Waals surface area contributed by atoms with E-state index < -0.39 is 0 Å². The summed E-state index contributed by atoms with van der Waals surface area (Å²) in [6.07, 6.45) is 3.88. The van der Waals surface area contributed by atoms with Crippen LogP contribution in [0.3, 0.4) is 0 Å². The predicted octanol–water partition coefficient (Wildman–Crippen LogP) is 2.82. The van der Waals surface area contributed by atoms with Crippen LogP contribution in [-0.4, -0.2) is 35.1 Å². The Bertz CT molecular complexity index is 525. The fourth-order valence-electron chi connectivity index (χ4n) is 2.24. The van der Waals surface area contributed by atoms with Crippen molar-refractivity contribution >= 4 is 10.9 Å². The average molecular weight is 244 g/mol. The topological polar surface area (TPSA) is 36.4 Å². The molecule has 0 unspecified atom stereocenters. The second-order valence-electron chi connectivity index (χ2n) is 4.70. The van der Waals surface area contributed by atoms with E-state index in [1.807, 2.05) is 18.2 Å². The molecule has 3 heteroatoms. The van der Waals surface area contributed by atoms with Gasteiger partial charge in [0.1, 0.15) is 11.3 Å². The number of aromatic nitrogens is 1. The summed E-state index contributed by atoms with van der Waals surface area (Å²) in [5, 5.41) is 10.8. The number of hydrogen-bond acceptors (Lipinski definition) is 3. The minimum atomic E-state index is 0.260. The molecule has 1 heterocycles. The van der Waals surface area contributed by atoms with Crippen molar-refractivity contribution in [2.24, 2.45) is 0 Å². The summed E-state index contributed by atoms with van der Waals surface area (Å²) < 4.78 is 0. The fourth-order valence-corrected chi connectivity index (χ4v) is 2.24. The number of aromatic hydroxyl groups is 1. The van der Waals surface area contributed by atoms with Crippen LogP contribution in [-0.2, 0) is 6.42 Å². The van der Waals surface area contributed by atoms with Crippen molar-refractivity contribution in [3.63, 3.8) is 0 Å². The van der Waals surface area contributed by atoms with E-state index in [9.17, 15) is 5.11 Å². The molecule has 3 nitrogen and oxygen atoms in total. The molecule has 0 aliphatic rings. The number of fused-ring (bicyclic) bond motifs is 1. The van der Waals surface area contributed by atoms with Crippen LogP contribution >= 0.6 is 0 Å². The first-order chi connectivity index (χ1) is 8.72. The van der Waals surface area contributed by atoms with E-state index in [0.717, 1.165) is 24.9 Å². The highest BCUT2D eigenvalue weighted by molar-refractivity contribution is 5.87. The van der Waals surface area contributed by atoms with Crippen molar-refractivity contribution in [3.05, 3.63) is 36.0 Å². The third-order valence-corrected chi connectivity index (χ3v) is 3.21. The molecule has 0 bridgehead atoms. The van der Waals surface area contributed by atoms with E-state index in [-0.39, 0.29) is 5.75 Å². The van der Waals surface area contributed by atoms with Crippen molar-refractivity contribution in [2.45, 2.75) is 19.8 Å². The van der Waals surface area contributed by atoms with Crippen molar-refractivity contribution in [3.8, 4) is 5.75 Å². The Morgan fingerprint density at radius 2 is 2.06 bits per heavy atom. The zero-order valence-corrected chi connectivity index (χ0v) is 11.1. The van der Waals surface area contributed by atoms with Gasteiger partial charge in [-0.05, 0) is 44.1 Å². The molecule has 0 spiro atoms. The molecule has 0 aliphatic heterocycles. The lowest BCUT2D eigenvalue weighted by Gasteiger charge is -2.16. The van der Waals surface area contributed by atoms with Gasteiger partial charge in [-0.2, -0.15) is 0 Å². The molecule has 0 saturated carbocycles. The summed E-state index contributed by atoms with van der Waals surface area (Å²) >= 11 is 0. The number of nitrogens with zero attached hydrogens (tertiary/aromatic N) is 2. The lowest BCUT2D eigenvalue weighted by atomic mass is 10.0. The number of rotatable bonds is 5. The quantitative estimate of drug-likeness (QED) is 0.878. The molecule has 1 N–H and O–H groups in total. The summed E-state index contributed by atoms with van der Waals surface area (Å²) in [6, 6.07) is 7.68. The van der Waals surface area contributed by atoms with Crippen LogP contribution in [0.25, 0.3) is 10.9 Å². The van der Waals surface area contributed by atoms with Gasteiger partial charge in [0.2, 0.25) is 0 Å². The smallest absolute Gasteiger partial charge is 0.141 e. The summed E-state index contributed by atoms with van der Waals surface area (Å²) in [7, 11) is 2.14. The van der Waals surface area contributed by atoms with Gasteiger partial charge in [-0.3, -0.25) is 4.98 Å². The van der Waals surface area contributed by atoms with Gasteiger partial charge in [-0.1, -0.05) is 19.1 Å². The van der Waals surface area contributed by atoms with E-state index in [0.29, 0.717) is 5.52 Å². The van der Waals surface area contributed by atoms with Crippen LogP contribution in [0.4, 0.5) is 0 Å². The molecule has 0 fully saturated rings. The average Bonchev–Trinajstić information content (AvgIpc) is 2.39. The maximum Gasteiger partial charge on any atom is 0.141 e. The Kier molecular flexibility index (Phi) is 4.15. The van der Waals surface area contributed by atoms with E-state index >= 15 is 0 Å². The Morgan fingerprint density at radius 3 is 2.83 bits per heavy atom. The van der Waals surface area contributed by atoms with E-state index in [1.165, 1.54) is 12.0 Å². The minimum absolute atomic E-state index is 0.260. The normalized spacial score (nSPS) is 11.3. The predicted molar refractivity (Wildman–Crippen MR) is 74.9 cm³/mol. The number of benzene rings is 1. The summed E-state index contributed by atoms with van der Waals surface area (Å²) in [5.74, 6) is 0.260. The van der Waals surface area contributed by atoms with Gasteiger partial charge in [0.15, 0.2) is 0 Å². The molecule has 0 radical (unpaired) electrons. The van der Waals surface area contributed by atoms with Crippen molar-refractivity contribution < 1.29 is 5.11 Å². The molecular weight excluding hydrogens is 224 g/mol. The highest BCUT2D eigenvalue weighted by Crippen LogP contribution is 2.25. The second kappa shape index (κ2) is 5.83. The van der Waals surface area contributed by atoms with Gasteiger partial charge < -0.3 is 10.0 Å². The maximum atomic E-state index is 9.78. The molecule has 0 aliphatic carbocycles. The van der Waals surface area contributed by atoms with Gasteiger partial charge in [0.25, 0.3) is 0 Å². The van der Waals surface area contributed by atoms with E-state index in [4.69, 9.17) is 0 Å². The monoisotopic (exact) mass is 244 g/mol.